The molecule has 1 saturated heterocycles. The van der Waals surface area contributed by atoms with Crippen molar-refractivity contribution in [2.75, 3.05) is 12.3 Å². The third kappa shape index (κ3) is 10.2. The van der Waals surface area contributed by atoms with Crippen LogP contribution in [-0.4, -0.2) is 91.7 Å². The van der Waals surface area contributed by atoms with Crippen molar-refractivity contribution < 1.29 is 47.9 Å². The predicted octanol–water partition coefficient (Wildman–Crippen LogP) is 7.09. The number of aromatic nitrogens is 2. The number of fused-ring (bicyclic) bond motifs is 1. The van der Waals surface area contributed by atoms with Gasteiger partial charge in [-0.2, -0.15) is 13.8 Å². The van der Waals surface area contributed by atoms with Crippen molar-refractivity contribution >= 4 is 18.0 Å². The summed E-state index contributed by atoms with van der Waals surface area (Å²) in [5.74, 6) is -2.57. The van der Waals surface area contributed by atoms with Gasteiger partial charge in [0.2, 0.25) is 6.23 Å². The maximum absolute atomic E-state index is 15.0. The van der Waals surface area contributed by atoms with E-state index in [9.17, 15) is 29.7 Å². The van der Waals surface area contributed by atoms with Crippen molar-refractivity contribution in [3.05, 3.63) is 58.2 Å². The second-order valence-corrected chi connectivity index (χ2v) is 21.9. The molecule has 6 aliphatic rings. The second kappa shape index (κ2) is 18.1. The number of halogens is 2. The van der Waals surface area contributed by atoms with E-state index in [-0.39, 0.29) is 46.0 Å². The summed E-state index contributed by atoms with van der Waals surface area (Å²) in [6.45, 7) is 14.1. The highest BCUT2D eigenvalue weighted by atomic mass is 19.3. The summed E-state index contributed by atoms with van der Waals surface area (Å²) in [5.41, 5.74) is 5.58. The summed E-state index contributed by atoms with van der Waals surface area (Å²) in [6, 6.07) is 0.799. The average Bonchev–Trinajstić information content (AvgIpc) is 3.92. The lowest BCUT2D eigenvalue weighted by Crippen LogP contribution is -2.57. The van der Waals surface area contributed by atoms with Crippen molar-refractivity contribution in [2.45, 2.75) is 180 Å². The number of carbonyl (C=O) groups excluding carboxylic acids is 2. The van der Waals surface area contributed by atoms with Crippen LogP contribution in [0, 0.1) is 39.9 Å². The number of nitrogens with zero attached hydrogens (tertiary/aromatic N) is 2. The molecule has 0 spiro atoms. The van der Waals surface area contributed by atoms with Gasteiger partial charge in [0.15, 0.2) is 6.10 Å². The molecule has 16 heteroatoms. The number of hydrogen-bond acceptors (Lipinski definition) is 11. The maximum atomic E-state index is 15.0. The van der Waals surface area contributed by atoms with Crippen molar-refractivity contribution in [1.29, 1.82) is 0 Å². The molecule has 0 radical (unpaired) electrons. The molecular weight excluding hydrogens is 829 g/mol. The number of alkyl halides is 2. The van der Waals surface area contributed by atoms with Crippen molar-refractivity contribution in [2.24, 2.45) is 39.9 Å². The fourth-order valence-corrected chi connectivity index (χ4v) is 12.3. The van der Waals surface area contributed by atoms with E-state index in [0.29, 0.717) is 48.5 Å². The number of aliphatic hydroxyl groups excluding tert-OH is 3. The first-order valence-corrected chi connectivity index (χ1v) is 23.3. The van der Waals surface area contributed by atoms with Gasteiger partial charge in [0.1, 0.15) is 24.6 Å². The second-order valence-electron chi connectivity index (χ2n) is 21.9. The number of aliphatic hydroxyl groups is 3. The number of nitrogens with one attached hydrogen (secondary N) is 2. The zero-order chi connectivity index (χ0) is 46.6. The number of amides is 2. The number of hydrogen-bond donors (Lipinski definition) is 6. The number of nitrogen functional groups attached to an aromatic ring is 1. The molecule has 1 aromatic rings. The van der Waals surface area contributed by atoms with Gasteiger partial charge in [0.05, 0.1) is 12.2 Å². The smallest absolute Gasteiger partial charge is 0.407 e. The summed E-state index contributed by atoms with van der Waals surface area (Å²) in [7, 11) is 0. The maximum Gasteiger partial charge on any atom is 0.407 e. The molecule has 2 heterocycles. The Labute approximate surface area is 375 Å². The van der Waals surface area contributed by atoms with Gasteiger partial charge in [0.25, 0.3) is 0 Å². The first-order chi connectivity index (χ1) is 29.9. The zero-order valence-corrected chi connectivity index (χ0v) is 38.5. The SMILES string of the molecule is C[C@@H](/C=C/C(OC(=O)NC1CC(C)(C)CC(C)(NC(=O)OCC2OC(n3ccc(N)nc3=O)C(F)(F)C2O)C1)C1CC1)C1CCC2/C(=C/C=C3/C[C@@H](O)C[C@H](O)C3(C)C)CCC[C@@]21C. The summed E-state index contributed by atoms with van der Waals surface area (Å²) >= 11 is 0. The van der Waals surface area contributed by atoms with Crippen LogP contribution in [0.3, 0.4) is 0 Å². The number of nitrogens with two attached hydrogens (primary N) is 1. The topological polar surface area (TPSA) is 207 Å². The Kier molecular flexibility index (Phi) is 13.6. The fourth-order valence-electron chi connectivity index (χ4n) is 12.3. The largest absolute Gasteiger partial charge is 0.447 e. The van der Waals surface area contributed by atoms with Gasteiger partial charge in [-0.25, -0.2) is 14.4 Å². The molecule has 0 aromatic carbocycles. The molecule has 5 saturated carbocycles. The Hall–Kier alpha value is -3.86. The predicted molar refractivity (Wildman–Crippen MR) is 236 cm³/mol. The van der Waals surface area contributed by atoms with E-state index in [1.165, 1.54) is 5.57 Å². The van der Waals surface area contributed by atoms with E-state index >= 15 is 8.78 Å². The molecule has 6 fully saturated rings. The van der Waals surface area contributed by atoms with Gasteiger partial charge in [0, 0.05) is 29.6 Å². The number of alkyl carbamates (subject to hydrolysis) is 2. The molecule has 64 heavy (non-hydrogen) atoms. The Morgan fingerprint density at radius 1 is 1.05 bits per heavy atom. The minimum absolute atomic E-state index is 0.142. The van der Waals surface area contributed by atoms with Crippen LogP contribution >= 0.6 is 0 Å². The summed E-state index contributed by atoms with van der Waals surface area (Å²) in [6.07, 6.45) is 10.8. The molecule has 12 atom stereocenters. The van der Waals surface area contributed by atoms with Gasteiger partial charge in [-0.1, -0.05) is 70.9 Å². The zero-order valence-electron chi connectivity index (χ0n) is 38.5. The van der Waals surface area contributed by atoms with E-state index < -0.39 is 66.6 Å². The fraction of sp³-hybridized carbons (Fsp3) is 0.750. The minimum Gasteiger partial charge on any atom is -0.447 e. The molecule has 7 N–H and O–H groups in total. The Morgan fingerprint density at radius 2 is 1.78 bits per heavy atom. The number of ether oxygens (including phenoxy) is 3. The molecule has 14 nitrogen and oxygen atoms in total. The van der Waals surface area contributed by atoms with Crippen LogP contribution in [0.1, 0.15) is 132 Å². The lowest BCUT2D eigenvalue weighted by molar-refractivity contribution is -0.140. The Balaban J connectivity index is 0.929. The van der Waals surface area contributed by atoms with Crippen LogP contribution in [0.25, 0.3) is 0 Å². The molecule has 7 rings (SSSR count). The quantitative estimate of drug-likeness (QED) is 0.124. The monoisotopic (exact) mass is 900 g/mol. The number of rotatable bonds is 11. The summed E-state index contributed by atoms with van der Waals surface area (Å²) in [5, 5.41) is 37.4. The van der Waals surface area contributed by atoms with Crippen molar-refractivity contribution in [3.63, 3.8) is 0 Å². The lowest BCUT2D eigenvalue weighted by Gasteiger charge is -2.46. The molecule has 0 bridgehead atoms. The van der Waals surface area contributed by atoms with Crippen molar-refractivity contribution in [1.82, 2.24) is 20.2 Å². The van der Waals surface area contributed by atoms with Gasteiger partial charge in [-0.3, -0.25) is 4.57 Å². The van der Waals surface area contributed by atoms with E-state index in [2.05, 4.69) is 67.6 Å². The van der Waals surface area contributed by atoms with Crippen LogP contribution in [-0.2, 0) is 14.2 Å². The highest BCUT2D eigenvalue weighted by Gasteiger charge is 2.60. The van der Waals surface area contributed by atoms with Gasteiger partial charge in [-0.05, 0) is 124 Å². The molecule has 5 aliphatic carbocycles. The van der Waals surface area contributed by atoms with E-state index in [4.69, 9.17) is 19.9 Å². The third-order valence-electron chi connectivity index (χ3n) is 15.7. The molecular formula is C48H71F2N5O9. The summed E-state index contributed by atoms with van der Waals surface area (Å²) < 4.78 is 47.4. The van der Waals surface area contributed by atoms with Crippen molar-refractivity contribution in [3.8, 4) is 0 Å². The van der Waals surface area contributed by atoms with Crippen LogP contribution in [0.15, 0.2) is 52.5 Å². The van der Waals surface area contributed by atoms with Crippen LogP contribution in [0.4, 0.5) is 24.2 Å². The third-order valence-corrected chi connectivity index (χ3v) is 15.7. The average molecular weight is 900 g/mol. The molecule has 8 unspecified atom stereocenters. The number of anilines is 1. The van der Waals surface area contributed by atoms with E-state index in [1.807, 2.05) is 20.8 Å². The summed E-state index contributed by atoms with van der Waals surface area (Å²) in [4.78, 5) is 42.4. The van der Waals surface area contributed by atoms with E-state index in [0.717, 1.165) is 62.8 Å². The first kappa shape index (κ1) is 48.1. The van der Waals surface area contributed by atoms with Gasteiger partial charge in [-0.15, -0.1) is 0 Å². The Morgan fingerprint density at radius 3 is 2.48 bits per heavy atom. The minimum atomic E-state index is -3.90. The molecule has 356 valence electrons. The molecule has 1 aliphatic heterocycles. The van der Waals surface area contributed by atoms with Gasteiger partial charge < -0.3 is 45.9 Å². The first-order valence-electron chi connectivity index (χ1n) is 23.3. The molecule has 2 amide bonds. The highest BCUT2D eigenvalue weighted by Crippen LogP contribution is 2.60. The van der Waals surface area contributed by atoms with Crippen LogP contribution < -0.4 is 22.1 Å². The van der Waals surface area contributed by atoms with Crippen LogP contribution in [0.2, 0.25) is 0 Å². The lowest BCUT2D eigenvalue weighted by atomic mass is 9.61. The normalized spacial score (nSPS) is 37.8. The number of carbonyl (C=O) groups is 2. The van der Waals surface area contributed by atoms with Gasteiger partial charge >= 0.3 is 23.8 Å². The standard InChI is InChI=1S/C48H71F2N5O9/c1-27(33-15-16-34-28(9-8-19-47(33,34)7)13-14-30-21-32(56)22-37(57)45(30,4)5)10-17-35(29-11-12-29)64-42(60)52-31-23-44(2,3)26-46(6,24-31)54-43(61)62-25-36-39(58)48(49,50)40(63-36)55-20-18-38(51)53-41(55)59/h10,13-14,17-18,20,27,29,31-37,39-40,56-58H,8-9,11-12,15-16,19,21-26H2,1-7H3,(H,52,60)(H,54,61)(H2,51,53,59)/b17-10+,28-13+,30-14-/t27-,31?,32+,33?,34?,35?,36?,37-,39?,40?,46?,47+/m0/s1. The molecule has 1 aromatic heterocycles. The highest BCUT2D eigenvalue weighted by molar-refractivity contribution is 5.69. The number of allylic oxidation sites excluding steroid dienone is 4. The van der Waals surface area contributed by atoms with E-state index in [1.54, 1.807) is 0 Å². The van der Waals surface area contributed by atoms with Crippen LogP contribution in [0.5, 0.6) is 0 Å². The Bertz CT molecular complexity index is 2050.